The van der Waals surface area contributed by atoms with Crippen LogP contribution in [0.2, 0.25) is 0 Å². The summed E-state index contributed by atoms with van der Waals surface area (Å²) in [7, 11) is 1.81. The van der Waals surface area contributed by atoms with Crippen molar-refractivity contribution >= 4 is 11.9 Å². The lowest BCUT2D eigenvalue weighted by Crippen LogP contribution is -2.60. The van der Waals surface area contributed by atoms with Crippen molar-refractivity contribution in [3.8, 4) is 0 Å². The van der Waals surface area contributed by atoms with Crippen LogP contribution in [-0.2, 0) is 14.4 Å². The Balaban J connectivity index is 1.94. The third-order valence-corrected chi connectivity index (χ3v) is 4.79. The Hall–Kier alpha value is -1.44. The van der Waals surface area contributed by atoms with Crippen LogP contribution in [0.15, 0.2) is 11.3 Å². The number of aliphatic hydroxyl groups excluding tert-OH is 1. The summed E-state index contributed by atoms with van der Waals surface area (Å²) in [6.45, 7) is 2.63. The van der Waals surface area contributed by atoms with Crippen LogP contribution in [0.4, 0.5) is 0 Å². The number of carboxylic acid groups (broad SMARTS) is 1. The molecule has 0 aromatic carbocycles. The number of aliphatic hydroxyl groups is 1. The van der Waals surface area contributed by atoms with Crippen molar-refractivity contribution in [2.24, 2.45) is 11.8 Å². The molecule has 21 heavy (non-hydrogen) atoms. The monoisotopic (exact) mass is 296 g/mol. The van der Waals surface area contributed by atoms with Crippen LogP contribution in [-0.4, -0.2) is 64.4 Å². The van der Waals surface area contributed by atoms with Crippen molar-refractivity contribution in [3.05, 3.63) is 11.3 Å². The minimum Gasteiger partial charge on any atom is -0.477 e. The molecule has 0 aromatic heterocycles. The normalized spacial score (nSPS) is 36.1. The van der Waals surface area contributed by atoms with Crippen molar-refractivity contribution in [2.45, 2.75) is 31.9 Å². The molecule has 0 spiro atoms. The lowest BCUT2D eigenvalue weighted by atomic mass is 9.78. The first kappa shape index (κ1) is 14.5. The smallest absolute Gasteiger partial charge is 0.352 e. The molecule has 3 aliphatic heterocycles. The van der Waals surface area contributed by atoms with Crippen LogP contribution in [0.25, 0.3) is 0 Å². The van der Waals surface area contributed by atoms with Gasteiger partial charge in [0.15, 0.2) is 0 Å². The fourth-order valence-electron chi connectivity index (χ4n) is 3.88. The van der Waals surface area contributed by atoms with Crippen molar-refractivity contribution in [1.82, 2.24) is 9.96 Å². The van der Waals surface area contributed by atoms with Crippen LogP contribution in [0, 0.1) is 11.8 Å². The van der Waals surface area contributed by atoms with Crippen LogP contribution in [0.1, 0.15) is 19.8 Å². The molecule has 1 amide bonds. The summed E-state index contributed by atoms with van der Waals surface area (Å²) < 4.78 is 0. The molecule has 2 saturated heterocycles. The highest BCUT2D eigenvalue weighted by molar-refractivity contribution is 5.99. The number of aliphatic carboxylic acids is 1. The van der Waals surface area contributed by atoms with E-state index in [2.05, 4.69) is 0 Å². The SMILES string of the molecule is C[C@H]1C([C@@H]2CCN(C)O2)=C(C(=O)O)N2C(=O)[C@@H](CCO)[C@H]12. The topological polar surface area (TPSA) is 90.3 Å². The summed E-state index contributed by atoms with van der Waals surface area (Å²) in [4.78, 5) is 30.9. The third-order valence-electron chi connectivity index (χ3n) is 4.79. The first-order valence-corrected chi connectivity index (χ1v) is 7.26. The molecule has 7 nitrogen and oxygen atoms in total. The largest absolute Gasteiger partial charge is 0.477 e. The molecule has 2 N–H and O–H groups in total. The van der Waals surface area contributed by atoms with E-state index in [1.807, 2.05) is 14.0 Å². The zero-order chi connectivity index (χ0) is 15.3. The summed E-state index contributed by atoms with van der Waals surface area (Å²) in [5, 5.41) is 20.3. The minimum atomic E-state index is -1.08. The number of carbonyl (C=O) groups is 2. The number of carbonyl (C=O) groups excluding carboxylic acids is 1. The van der Waals surface area contributed by atoms with Crippen molar-refractivity contribution < 1.29 is 24.6 Å². The Morgan fingerprint density at radius 3 is 2.71 bits per heavy atom. The van der Waals surface area contributed by atoms with E-state index in [1.54, 1.807) is 5.06 Å². The number of hydrogen-bond acceptors (Lipinski definition) is 5. The number of rotatable bonds is 4. The molecule has 0 aliphatic carbocycles. The molecule has 0 saturated carbocycles. The molecule has 3 heterocycles. The van der Waals surface area contributed by atoms with Crippen molar-refractivity contribution in [2.75, 3.05) is 20.2 Å². The van der Waals surface area contributed by atoms with Gasteiger partial charge in [0.25, 0.3) is 0 Å². The lowest BCUT2D eigenvalue weighted by Gasteiger charge is -2.45. The summed E-state index contributed by atoms with van der Waals surface area (Å²) in [5.41, 5.74) is 0.803. The fraction of sp³-hybridized carbons (Fsp3) is 0.714. The predicted octanol–water partition coefficient (Wildman–Crippen LogP) is -0.180. The maximum atomic E-state index is 12.2. The Bertz CT molecular complexity index is 517. The van der Waals surface area contributed by atoms with E-state index < -0.39 is 5.97 Å². The van der Waals surface area contributed by atoms with E-state index in [-0.39, 0.29) is 42.2 Å². The average molecular weight is 296 g/mol. The molecule has 0 aromatic rings. The molecular weight excluding hydrogens is 276 g/mol. The van der Waals surface area contributed by atoms with E-state index in [0.717, 1.165) is 13.0 Å². The maximum Gasteiger partial charge on any atom is 0.352 e. The molecule has 4 atom stereocenters. The second-order valence-corrected chi connectivity index (χ2v) is 5.95. The van der Waals surface area contributed by atoms with Gasteiger partial charge in [0.2, 0.25) is 5.91 Å². The number of hydrogen-bond donors (Lipinski definition) is 2. The quantitative estimate of drug-likeness (QED) is 0.700. The van der Waals surface area contributed by atoms with Crippen molar-refractivity contribution in [1.29, 1.82) is 0 Å². The molecule has 0 bridgehead atoms. The number of nitrogens with zero attached hydrogens (tertiary/aromatic N) is 2. The first-order chi connectivity index (χ1) is 9.97. The van der Waals surface area contributed by atoms with Gasteiger partial charge in [-0.15, -0.1) is 0 Å². The van der Waals surface area contributed by atoms with Gasteiger partial charge in [0.1, 0.15) is 11.8 Å². The molecule has 0 unspecified atom stereocenters. The number of β-lactam (4-membered cyclic amide) rings is 1. The molecule has 116 valence electrons. The number of hydroxylamine groups is 2. The van der Waals surface area contributed by atoms with Gasteiger partial charge < -0.3 is 15.1 Å². The van der Waals surface area contributed by atoms with Crippen LogP contribution >= 0.6 is 0 Å². The molecule has 0 radical (unpaired) electrons. The molecule has 3 rings (SSSR count). The Labute approximate surface area is 122 Å². The summed E-state index contributed by atoms with van der Waals surface area (Å²) in [6.07, 6.45) is 0.840. The third kappa shape index (κ3) is 1.99. The van der Waals surface area contributed by atoms with Gasteiger partial charge in [-0.1, -0.05) is 6.92 Å². The number of fused-ring (bicyclic) bond motifs is 1. The van der Waals surface area contributed by atoms with Gasteiger partial charge in [-0.2, -0.15) is 5.06 Å². The minimum absolute atomic E-state index is 0.0538. The zero-order valence-corrected chi connectivity index (χ0v) is 12.2. The average Bonchev–Trinajstić information content (AvgIpc) is 2.95. The summed E-state index contributed by atoms with van der Waals surface area (Å²) in [5.74, 6) is -1.61. The standard InChI is InChI=1S/C14H20N2O5/c1-7-10(9-3-5-15(2)21-9)12(14(19)20)16-11(7)8(4-6-17)13(16)18/h7-9,11,17H,3-6H2,1-2H3,(H,19,20)/t7-,8-,9-,11-/m0/s1. The van der Waals surface area contributed by atoms with E-state index in [0.29, 0.717) is 12.0 Å². The highest BCUT2D eigenvalue weighted by Crippen LogP contribution is 2.49. The first-order valence-electron chi connectivity index (χ1n) is 7.26. The van der Waals surface area contributed by atoms with Crippen LogP contribution < -0.4 is 0 Å². The second kappa shape index (κ2) is 5.08. The van der Waals surface area contributed by atoms with Gasteiger partial charge in [0.05, 0.1) is 12.0 Å². The van der Waals surface area contributed by atoms with Crippen LogP contribution in [0.3, 0.4) is 0 Å². The fourth-order valence-corrected chi connectivity index (χ4v) is 3.88. The van der Waals surface area contributed by atoms with E-state index in [4.69, 9.17) is 9.94 Å². The van der Waals surface area contributed by atoms with Gasteiger partial charge >= 0.3 is 5.97 Å². The van der Waals surface area contributed by atoms with Gasteiger partial charge in [-0.25, -0.2) is 4.79 Å². The molecular formula is C14H20N2O5. The highest BCUT2D eigenvalue weighted by atomic mass is 16.7. The Morgan fingerprint density at radius 1 is 1.48 bits per heavy atom. The zero-order valence-electron chi connectivity index (χ0n) is 12.2. The van der Waals surface area contributed by atoms with Gasteiger partial charge in [-0.05, 0) is 18.4 Å². The molecule has 7 heteroatoms. The number of carboxylic acids is 1. The summed E-state index contributed by atoms with van der Waals surface area (Å²) >= 11 is 0. The molecule has 2 fully saturated rings. The highest BCUT2D eigenvalue weighted by Gasteiger charge is 2.59. The summed E-state index contributed by atoms with van der Waals surface area (Å²) in [6, 6.07) is -0.153. The maximum absolute atomic E-state index is 12.2. The Morgan fingerprint density at radius 2 is 2.19 bits per heavy atom. The molecule has 3 aliphatic rings. The van der Waals surface area contributed by atoms with Crippen molar-refractivity contribution in [3.63, 3.8) is 0 Å². The Kier molecular flexibility index (Phi) is 3.51. The lowest BCUT2D eigenvalue weighted by molar-refractivity contribution is -0.157. The predicted molar refractivity (Wildman–Crippen MR) is 71.8 cm³/mol. The van der Waals surface area contributed by atoms with Crippen LogP contribution in [0.5, 0.6) is 0 Å². The number of amides is 1. The van der Waals surface area contributed by atoms with E-state index in [1.165, 1.54) is 4.90 Å². The van der Waals surface area contributed by atoms with Gasteiger partial charge in [-0.3, -0.25) is 9.63 Å². The van der Waals surface area contributed by atoms with E-state index >= 15 is 0 Å². The second-order valence-electron chi connectivity index (χ2n) is 5.95. The van der Waals surface area contributed by atoms with E-state index in [9.17, 15) is 14.7 Å². The van der Waals surface area contributed by atoms with Gasteiger partial charge in [0, 0.05) is 26.1 Å².